The number of hydrogen-bond donors (Lipinski definition) is 3. The normalized spacial score (nSPS) is 42.9. The fraction of sp³-hybridized carbons (Fsp3) is 1.00. The maximum atomic E-state index is 9.10. The van der Waals surface area contributed by atoms with Crippen molar-refractivity contribution < 1.29 is 15.3 Å². The van der Waals surface area contributed by atoms with Crippen molar-refractivity contribution in [3.63, 3.8) is 0 Å². The van der Waals surface area contributed by atoms with Crippen LogP contribution in [0.5, 0.6) is 0 Å². The van der Waals surface area contributed by atoms with Crippen molar-refractivity contribution in [3.8, 4) is 0 Å². The Bertz CT molecular complexity index is 109. The van der Waals surface area contributed by atoms with Crippen LogP contribution in [0, 0.1) is 0 Å². The topological polar surface area (TPSA) is 60.7 Å². The minimum Gasteiger partial charge on any atom is -0.392 e. The van der Waals surface area contributed by atoms with Crippen molar-refractivity contribution in [2.45, 2.75) is 24.7 Å². The summed E-state index contributed by atoms with van der Waals surface area (Å²) in [6.45, 7) is 0. The molecule has 1 fully saturated rings. The average molecular weight is 164 g/mol. The van der Waals surface area contributed by atoms with Gasteiger partial charge in [0.1, 0.15) is 0 Å². The summed E-state index contributed by atoms with van der Waals surface area (Å²) in [6, 6.07) is 0. The molecule has 10 heavy (non-hydrogen) atoms. The first-order valence-corrected chi connectivity index (χ1v) is 4.47. The van der Waals surface area contributed by atoms with Crippen molar-refractivity contribution >= 4 is 11.8 Å². The van der Waals surface area contributed by atoms with Gasteiger partial charge in [0, 0.05) is 17.9 Å². The van der Waals surface area contributed by atoms with Crippen molar-refractivity contribution in [3.05, 3.63) is 0 Å². The highest BCUT2D eigenvalue weighted by molar-refractivity contribution is 7.99. The molecule has 1 aliphatic heterocycles. The standard InChI is InChI=1S/C6H12O3S/c7-4-1-5(8)6(9)3-10-2-4/h4-9H,1-3H2/t4-,5+,6+/m0/s1. The molecule has 3 nitrogen and oxygen atoms in total. The molecule has 0 aromatic heterocycles. The fourth-order valence-corrected chi connectivity index (χ4v) is 1.95. The third-order valence-electron chi connectivity index (χ3n) is 1.56. The van der Waals surface area contributed by atoms with Crippen LogP contribution in [0.25, 0.3) is 0 Å². The molecular weight excluding hydrogens is 152 g/mol. The van der Waals surface area contributed by atoms with E-state index in [9.17, 15) is 0 Å². The number of thioether (sulfide) groups is 1. The molecule has 0 unspecified atom stereocenters. The molecule has 1 saturated heterocycles. The summed E-state index contributed by atoms with van der Waals surface area (Å²) in [4.78, 5) is 0. The molecule has 0 radical (unpaired) electrons. The summed E-state index contributed by atoms with van der Waals surface area (Å²) in [7, 11) is 0. The summed E-state index contributed by atoms with van der Waals surface area (Å²) in [5.41, 5.74) is 0. The molecule has 1 heterocycles. The predicted molar refractivity (Wildman–Crippen MR) is 40.0 cm³/mol. The molecule has 0 aliphatic carbocycles. The van der Waals surface area contributed by atoms with Crippen LogP contribution < -0.4 is 0 Å². The Hall–Kier alpha value is 0.230. The second kappa shape index (κ2) is 3.57. The van der Waals surface area contributed by atoms with E-state index in [4.69, 9.17) is 15.3 Å². The van der Waals surface area contributed by atoms with E-state index in [0.29, 0.717) is 17.9 Å². The Labute approximate surface area is 64.1 Å². The van der Waals surface area contributed by atoms with Gasteiger partial charge in [-0.05, 0) is 0 Å². The second-order valence-corrected chi connectivity index (χ2v) is 3.64. The second-order valence-electron chi connectivity index (χ2n) is 2.56. The minimum absolute atomic E-state index is 0.300. The van der Waals surface area contributed by atoms with Crippen molar-refractivity contribution in [1.82, 2.24) is 0 Å². The van der Waals surface area contributed by atoms with Gasteiger partial charge in [-0.15, -0.1) is 0 Å². The molecule has 60 valence electrons. The smallest absolute Gasteiger partial charge is 0.0890 e. The maximum absolute atomic E-state index is 9.10. The molecule has 0 aromatic carbocycles. The molecule has 0 spiro atoms. The van der Waals surface area contributed by atoms with E-state index in [0.717, 1.165) is 0 Å². The maximum Gasteiger partial charge on any atom is 0.0890 e. The van der Waals surface area contributed by atoms with E-state index in [1.54, 1.807) is 0 Å². The first-order valence-electron chi connectivity index (χ1n) is 3.32. The lowest BCUT2D eigenvalue weighted by molar-refractivity contribution is 0.00735. The Balaban J connectivity index is 2.41. The third kappa shape index (κ3) is 2.12. The molecule has 1 aliphatic rings. The van der Waals surface area contributed by atoms with E-state index < -0.39 is 18.3 Å². The summed E-state index contributed by atoms with van der Waals surface area (Å²) in [5, 5.41) is 27.3. The van der Waals surface area contributed by atoms with Gasteiger partial charge in [-0.1, -0.05) is 0 Å². The van der Waals surface area contributed by atoms with Crippen LogP contribution >= 0.6 is 11.8 Å². The molecule has 1 rings (SSSR count). The van der Waals surface area contributed by atoms with Crippen LogP contribution in [0.3, 0.4) is 0 Å². The first kappa shape index (κ1) is 8.33. The molecule has 0 saturated carbocycles. The Morgan fingerprint density at radius 3 is 2.40 bits per heavy atom. The quantitative estimate of drug-likeness (QED) is 0.439. The van der Waals surface area contributed by atoms with Gasteiger partial charge in [-0.3, -0.25) is 0 Å². The predicted octanol–water partition coefficient (Wildman–Crippen LogP) is -0.794. The zero-order valence-corrected chi connectivity index (χ0v) is 6.42. The third-order valence-corrected chi connectivity index (χ3v) is 2.75. The Morgan fingerprint density at radius 1 is 1.00 bits per heavy atom. The van der Waals surface area contributed by atoms with Crippen LogP contribution in [0.4, 0.5) is 0 Å². The number of hydrogen-bond acceptors (Lipinski definition) is 4. The van der Waals surface area contributed by atoms with Gasteiger partial charge < -0.3 is 15.3 Å². The zero-order chi connectivity index (χ0) is 7.56. The Kier molecular flexibility index (Phi) is 2.97. The highest BCUT2D eigenvalue weighted by Gasteiger charge is 2.23. The van der Waals surface area contributed by atoms with Gasteiger partial charge in [0.2, 0.25) is 0 Å². The summed E-state index contributed by atoms with van der Waals surface area (Å²) >= 11 is 1.48. The van der Waals surface area contributed by atoms with Crippen LogP contribution in [0.2, 0.25) is 0 Å². The van der Waals surface area contributed by atoms with Gasteiger partial charge >= 0.3 is 0 Å². The van der Waals surface area contributed by atoms with Crippen LogP contribution in [0.1, 0.15) is 6.42 Å². The summed E-state index contributed by atoms with van der Waals surface area (Å²) in [6.07, 6.45) is -1.57. The van der Waals surface area contributed by atoms with Gasteiger partial charge in [0.25, 0.3) is 0 Å². The van der Waals surface area contributed by atoms with E-state index in [2.05, 4.69) is 0 Å². The van der Waals surface area contributed by atoms with E-state index >= 15 is 0 Å². The number of aliphatic hydroxyl groups excluding tert-OH is 3. The average Bonchev–Trinajstić information content (AvgIpc) is 1.96. The SMILES string of the molecule is O[C@@H]1CSC[C@@H](O)[C@H](O)C1. The lowest BCUT2D eigenvalue weighted by atomic mass is 10.1. The number of aliphatic hydroxyl groups is 3. The fourth-order valence-electron chi connectivity index (χ4n) is 0.940. The molecule has 3 N–H and O–H groups in total. The summed E-state index contributed by atoms with van der Waals surface area (Å²) < 4.78 is 0. The monoisotopic (exact) mass is 164 g/mol. The van der Waals surface area contributed by atoms with Gasteiger partial charge in [0.15, 0.2) is 0 Å². The van der Waals surface area contributed by atoms with Gasteiger partial charge in [0.05, 0.1) is 18.3 Å². The molecular formula is C6H12O3S. The Morgan fingerprint density at radius 2 is 1.70 bits per heavy atom. The van der Waals surface area contributed by atoms with E-state index in [1.165, 1.54) is 11.8 Å². The van der Waals surface area contributed by atoms with Gasteiger partial charge in [-0.2, -0.15) is 11.8 Å². The molecule has 3 atom stereocenters. The van der Waals surface area contributed by atoms with E-state index in [1.807, 2.05) is 0 Å². The van der Waals surface area contributed by atoms with E-state index in [-0.39, 0.29) is 0 Å². The highest BCUT2D eigenvalue weighted by atomic mass is 32.2. The van der Waals surface area contributed by atoms with Gasteiger partial charge in [-0.25, -0.2) is 0 Å². The molecule has 0 bridgehead atoms. The lowest BCUT2D eigenvalue weighted by Gasteiger charge is -2.13. The highest BCUT2D eigenvalue weighted by Crippen LogP contribution is 2.17. The summed E-state index contributed by atoms with van der Waals surface area (Å²) in [5.74, 6) is 1.15. The minimum atomic E-state index is -0.745. The first-order chi connectivity index (χ1) is 4.70. The van der Waals surface area contributed by atoms with Crippen LogP contribution in [0.15, 0.2) is 0 Å². The van der Waals surface area contributed by atoms with Crippen molar-refractivity contribution in [2.24, 2.45) is 0 Å². The number of rotatable bonds is 0. The lowest BCUT2D eigenvalue weighted by Crippen LogP contribution is -2.29. The molecule has 0 amide bonds. The van der Waals surface area contributed by atoms with Crippen LogP contribution in [-0.2, 0) is 0 Å². The molecule has 0 aromatic rings. The largest absolute Gasteiger partial charge is 0.392 e. The molecule has 4 heteroatoms. The van der Waals surface area contributed by atoms with Crippen LogP contribution in [-0.4, -0.2) is 45.1 Å². The van der Waals surface area contributed by atoms with Crippen molar-refractivity contribution in [2.75, 3.05) is 11.5 Å². The zero-order valence-electron chi connectivity index (χ0n) is 5.60. The van der Waals surface area contributed by atoms with Crippen molar-refractivity contribution in [1.29, 1.82) is 0 Å².